The van der Waals surface area contributed by atoms with Crippen molar-refractivity contribution in [3.63, 3.8) is 0 Å². The highest BCUT2D eigenvalue weighted by Gasteiger charge is 2.35. The molecule has 1 N–H and O–H groups in total. The fourth-order valence-corrected chi connectivity index (χ4v) is 3.39. The van der Waals surface area contributed by atoms with E-state index in [0.29, 0.717) is 38.4 Å². The van der Waals surface area contributed by atoms with Gasteiger partial charge in [-0.05, 0) is 19.4 Å². The lowest BCUT2D eigenvalue weighted by atomic mass is 10.1. The Balaban J connectivity index is 1.74. The molecule has 1 aromatic rings. The van der Waals surface area contributed by atoms with Crippen molar-refractivity contribution in [3.05, 3.63) is 11.6 Å². The fraction of sp³-hybridized carbons (Fsp3) is 0.800. The molecule has 122 valence electrons. The van der Waals surface area contributed by atoms with Gasteiger partial charge in [0, 0.05) is 26.1 Å². The van der Waals surface area contributed by atoms with Crippen molar-refractivity contribution in [2.75, 3.05) is 20.1 Å². The number of carbonyl (C=O) groups is 1. The van der Waals surface area contributed by atoms with Crippen LogP contribution >= 0.6 is 0 Å². The van der Waals surface area contributed by atoms with Gasteiger partial charge in [-0.15, -0.1) is 10.2 Å². The molecule has 0 aromatic carbocycles. The molecule has 0 spiro atoms. The molecular formula is C15H25N5O2. The number of carbonyl (C=O) groups excluding carboxylic acids is 1. The zero-order valence-electron chi connectivity index (χ0n) is 13.6. The summed E-state index contributed by atoms with van der Waals surface area (Å²) in [6.45, 7) is 6.78. The second-order valence-electron chi connectivity index (χ2n) is 6.88. The Morgan fingerprint density at radius 2 is 2.14 bits per heavy atom. The van der Waals surface area contributed by atoms with E-state index in [2.05, 4.69) is 33.5 Å². The summed E-state index contributed by atoms with van der Waals surface area (Å²) in [7, 11) is 2.00. The van der Waals surface area contributed by atoms with Crippen LogP contribution in [0.25, 0.3) is 0 Å². The minimum absolute atomic E-state index is 0.120. The number of rotatable bonds is 3. The lowest BCUT2D eigenvalue weighted by molar-refractivity contribution is -0.133. The molecule has 7 nitrogen and oxygen atoms in total. The van der Waals surface area contributed by atoms with Gasteiger partial charge in [0.15, 0.2) is 11.6 Å². The number of amides is 1. The minimum Gasteiger partial charge on any atom is -0.392 e. The van der Waals surface area contributed by atoms with E-state index in [1.54, 1.807) is 0 Å². The number of β-amino-alcohol motifs (C(OH)–C–C–N with tert-alkyl or cyclic N) is 1. The predicted molar refractivity (Wildman–Crippen MR) is 80.9 cm³/mol. The molecule has 0 unspecified atom stereocenters. The number of aromatic nitrogens is 3. The molecule has 22 heavy (non-hydrogen) atoms. The van der Waals surface area contributed by atoms with E-state index in [4.69, 9.17) is 0 Å². The molecule has 1 fully saturated rings. The first-order chi connectivity index (χ1) is 10.5. The van der Waals surface area contributed by atoms with Gasteiger partial charge < -0.3 is 14.6 Å². The lowest BCUT2D eigenvalue weighted by Gasteiger charge is -2.29. The van der Waals surface area contributed by atoms with E-state index in [9.17, 15) is 9.90 Å². The Bertz CT molecular complexity index is 556. The molecule has 3 rings (SSSR count). The van der Waals surface area contributed by atoms with Crippen molar-refractivity contribution < 1.29 is 9.90 Å². The Morgan fingerprint density at radius 3 is 2.77 bits per heavy atom. The summed E-state index contributed by atoms with van der Waals surface area (Å²) in [5.74, 6) is 2.34. The number of likely N-dealkylation sites (N-methyl/N-ethyl adjacent to an activating group) is 1. The minimum atomic E-state index is -0.296. The predicted octanol–water partition coefficient (Wildman–Crippen LogP) is 0.404. The van der Waals surface area contributed by atoms with Gasteiger partial charge >= 0.3 is 0 Å². The molecule has 0 bridgehead atoms. The Hall–Kier alpha value is -1.47. The number of hydrogen-bond acceptors (Lipinski definition) is 5. The third-order valence-electron chi connectivity index (χ3n) is 4.54. The monoisotopic (exact) mass is 307 g/mol. The van der Waals surface area contributed by atoms with Gasteiger partial charge in [-0.1, -0.05) is 13.8 Å². The smallest absolute Gasteiger partial charge is 0.223 e. The average molecular weight is 307 g/mol. The van der Waals surface area contributed by atoms with E-state index >= 15 is 0 Å². The van der Waals surface area contributed by atoms with Crippen LogP contribution in [0.2, 0.25) is 0 Å². The number of likely N-dealkylation sites (tertiary alicyclic amines) is 1. The molecule has 0 radical (unpaired) electrons. The van der Waals surface area contributed by atoms with Crippen molar-refractivity contribution >= 4 is 5.91 Å². The normalized spacial score (nSPS) is 25.8. The van der Waals surface area contributed by atoms with Crippen LogP contribution in [0, 0.1) is 5.92 Å². The average Bonchev–Trinajstić information content (AvgIpc) is 3.00. The van der Waals surface area contributed by atoms with Gasteiger partial charge in [0.05, 0.1) is 18.7 Å². The van der Waals surface area contributed by atoms with Crippen LogP contribution in [0.1, 0.15) is 44.4 Å². The Labute approximate surface area is 130 Å². The van der Waals surface area contributed by atoms with Crippen molar-refractivity contribution in [3.8, 4) is 0 Å². The maximum Gasteiger partial charge on any atom is 0.223 e. The maximum absolute atomic E-state index is 12.2. The van der Waals surface area contributed by atoms with Crippen LogP contribution in [0.3, 0.4) is 0 Å². The van der Waals surface area contributed by atoms with E-state index in [0.717, 1.165) is 18.2 Å². The van der Waals surface area contributed by atoms with Crippen molar-refractivity contribution in [1.82, 2.24) is 24.6 Å². The van der Waals surface area contributed by atoms with Crippen LogP contribution in [0.5, 0.6) is 0 Å². The zero-order chi connectivity index (χ0) is 15.9. The fourth-order valence-electron chi connectivity index (χ4n) is 3.39. The number of aliphatic hydroxyl groups is 1. The third kappa shape index (κ3) is 2.87. The second-order valence-corrected chi connectivity index (χ2v) is 6.88. The van der Waals surface area contributed by atoms with Gasteiger partial charge in [0.25, 0.3) is 0 Å². The van der Waals surface area contributed by atoms with Gasteiger partial charge in [0.1, 0.15) is 0 Å². The number of hydrogen-bond donors (Lipinski definition) is 1. The van der Waals surface area contributed by atoms with Gasteiger partial charge in [0.2, 0.25) is 5.91 Å². The molecule has 2 aliphatic rings. The van der Waals surface area contributed by atoms with Crippen molar-refractivity contribution in [2.24, 2.45) is 5.92 Å². The molecule has 2 aliphatic heterocycles. The van der Waals surface area contributed by atoms with E-state index < -0.39 is 0 Å². The van der Waals surface area contributed by atoms with E-state index in [1.165, 1.54) is 0 Å². The first-order valence-corrected chi connectivity index (χ1v) is 8.03. The third-order valence-corrected chi connectivity index (χ3v) is 4.54. The van der Waals surface area contributed by atoms with Crippen LogP contribution in [-0.4, -0.2) is 61.8 Å². The molecule has 3 heterocycles. The molecule has 2 atom stereocenters. The standard InChI is InChI=1S/C15H25N5O2/c1-10(2)6-14(22)19-4-5-20-13(9-19)16-17-15(20)12-7-11(21)8-18(12)3/h10-12,21H,4-9H2,1-3H3/t11-,12+/m1/s1. The number of nitrogens with zero attached hydrogens (tertiary/aromatic N) is 5. The quantitative estimate of drug-likeness (QED) is 0.875. The van der Waals surface area contributed by atoms with Crippen LogP contribution in [0.4, 0.5) is 0 Å². The van der Waals surface area contributed by atoms with E-state index in [-0.39, 0.29) is 18.1 Å². The number of fused-ring (bicyclic) bond motifs is 1. The summed E-state index contributed by atoms with van der Waals surface area (Å²) in [5, 5.41) is 18.4. The molecule has 1 saturated heterocycles. The topological polar surface area (TPSA) is 74.5 Å². The van der Waals surface area contributed by atoms with Crippen molar-refractivity contribution in [1.29, 1.82) is 0 Å². The van der Waals surface area contributed by atoms with Crippen LogP contribution in [-0.2, 0) is 17.9 Å². The summed E-state index contributed by atoms with van der Waals surface area (Å²) in [4.78, 5) is 16.2. The first kappa shape index (κ1) is 15.4. The second kappa shape index (κ2) is 5.96. The summed E-state index contributed by atoms with van der Waals surface area (Å²) >= 11 is 0. The molecular weight excluding hydrogens is 282 g/mol. The summed E-state index contributed by atoms with van der Waals surface area (Å²) < 4.78 is 2.12. The molecule has 1 amide bonds. The maximum atomic E-state index is 12.2. The molecule has 0 saturated carbocycles. The lowest BCUT2D eigenvalue weighted by Crippen LogP contribution is -2.39. The highest BCUT2D eigenvalue weighted by Crippen LogP contribution is 2.30. The number of aliphatic hydroxyl groups excluding tert-OH is 1. The van der Waals surface area contributed by atoms with Gasteiger partial charge in [-0.25, -0.2) is 0 Å². The summed E-state index contributed by atoms with van der Waals surface area (Å²) in [6, 6.07) is 0.120. The Kier molecular flexibility index (Phi) is 4.18. The zero-order valence-corrected chi connectivity index (χ0v) is 13.6. The first-order valence-electron chi connectivity index (χ1n) is 8.03. The summed E-state index contributed by atoms with van der Waals surface area (Å²) in [6.07, 6.45) is 0.985. The molecule has 1 aromatic heterocycles. The SMILES string of the molecule is CC(C)CC(=O)N1CCn2c(nnc2[C@@H]2C[C@@H](O)CN2C)C1. The van der Waals surface area contributed by atoms with Gasteiger partial charge in [-0.3, -0.25) is 9.69 Å². The van der Waals surface area contributed by atoms with Crippen LogP contribution < -0.4 is 0 Å². The largest absolute Gasteiger partial charge is 0.392 e. The molecule has 0 aliphatic carbocycles. The van der Waals surface area contributed by atoms with E-state index in [1.807, 2.05) is 11.9 Å². The van der Waals surface area contributed by atoms with Gasteiger partial charge in [-0.2, -0.15) is 0 Å². The summed E-state index contributed by atoms with van der Waals surface area (Å²) in [5.41, 5.74) is 0. The van der Waals surface area contributed by atoms with Crippen molar-refractivity contribution in [2.45, 2.75) is 51.9 Å². The van der Waals surface area contributed by atoms with Crippen LogP contribution in [0.15, 0.2) is 0 Å². The highest BCUT2D eigenvalue weighted by molar-refractivity contribution is 5.76. The highest BCUT2D eigenvalue weighted by atomic mass is 16.3. The Morgan fingerprint density at radius 1 is 1.36 bits per heavy atom. The molecule has 7 heteroatoms.